The van der Waals surface area contributed by atoms with Crippen LogP contribution in [0.3, 0.4) is 0 Å². The van der Waals surface area contributed by atoms with Crippen LogP contribution in [0.15, 0.2) is 18.2 Å². The van der Waals surface area contributed by atoms with Gasteiger partial charge >= 0.3 is 0 Å². The Morgan fingerprint density at radius 1 is 1.32 bits per heavy atom. The van der Waals surface area contributed by atoms with Crippen LogP contribution >= 0.6 is 0 Å². The van der Waals surface area contributed by atoms with E-state index in [0.29, 0.717) is 18.8 Å². The summed E-state index contributed by atoms with van der Waals surface area (Å²) in [6.07, 6.45) is 0.342. The smallest absolute Gasteiger partial charge is 0.279 e. The fourth-order valence-corrected chi connectivity index (χ4v) is 2.19. The van der Waals surface area contributed by atoms with Gasteiger partial charge < -0.3 is 9.47 Å². The normalized spacial score (nSPS) is 18.6. The predicted octanol–water partition coefficient (Wildman–Crippen LogP) is 1.40. The van der Waals surface area contributed by atoms with Gasteiger partial charge in [0.25, 0.3) is 11.8 Å². The van der Waals surface area contributed by atoms with Crippen LogP contribution in [-0.4, -0.2) is 30.6 Å². The monoisotopic (exact) mass is 306 g/mol. The molecule has 1 aromatic rings. The van der Waals surface area contributed by atoms with Crippen LogP contribution in [0.4, 0.5) is 0 Å². The first-order chi connectivity index (χ1) is 10.5. The molecule has 22 heavy (non-hydrogen) atoms. The third-order valence-electron chi connectivity index (χ3n) is 3.76. The minimum atomic E-state index is -0.717. The zero-order valence-corrected chi connectivity index (χ0v) is 13.1. The van der Waals surface area contributed by atoms with Gasteiger partial charge in [-0.05, 0) is 50.8 Å². The van der Waals surface area contributed by atoms with Gasteiger partial charge in [-0.3, -0.25) is 20.4 Å². The lowest BCUT2D eigenvalue weighted by Crippen LogP contribution is -2.50. The van der Waals surface area contributed by atoms with Crippen molar-refractivity contribution in [2.45, 2.75) is 45.8 Å². The van der Waals surface area contributed by atoms with Crippen molar-refractivity contribution in [3.8, 4) is 5.75 Å². The van der Waals surface area contributed by atoms with Crippen molar-refractivity contribution < 1.29 is 19.1 Å². The Bertz CT molecular complexity index is 553. The molecule has 1 saturated heterocycles. The van der Waals surface area contributed by atoms with E-state index in [2.05, 4.69) is 10.9 Å². The number of benzene rings is 1. The van der Waals surface area contributed by atoms with E-state index in [9.17, 15) is 9.59 Å². The van der Waals surface area contributed by atoms with Gasteiger partial charge in [0.2, 0.25) is 0 Å². The Labute approximate surface area is 130 Å². The molecule has 6 nitrogen and oxygen atoms in total. The van der Waals surface area contributed by atoms with Gasteiger partial charge in [-0.25, -0.2) is 0 Å². The zero-order chi connectivity index (χ0) is 16.1. The highest BCUT2D eigenvalue weighted by atomic mass is 16.5. The second-order valence-corrected chi connectivity index (χ2v) is 5.44. The average molecular weight is 306 g/mol. The molecular formula is C16H22N2O4. The number of nitrogens with one attached hydrogen (secondary N) is 2. The number of carbonyl (C=O) groups excluding carboxylic acids is 2. The molecule has 120 valence electrons. The molecule has 1 fully saturated rings. The van der Waals surface area contributed by atoms with Gasteiger partial charge in [0.15, 0.2) is 6.10 Å². The molecule has 2 unspecified atom stereocenters. The maximum Gasteiger partial charge on any atom is 0.279 e. The summed E-state index contributed by atoms with van der Waals surface area (Å²) < 4.78 is 10.9. The first kappa shape index (κ1) is 16.3. The van der Waals surface area contributed by atoms with Crippen molar-refractivity contribution >= 4 is 11.8 Å². The maximum absolute atomic E-state index is 12.0. The number of carbonyl (C=O) groups is 2. The second kappa shape index (κ2) is 7.26. The van der Waals surface area contributed by atoms with E-state index in [4.69, 9.17) is 9.47 Å². The molecule has 2 N–H and O–H groups in total. The predicted molar refractivity (Wildman–Crippen MR) is 81.3 cm³/mol. The Balaban J connectivity index is 1.84. The molecule has 0 spiro atoms. The van der Waals surface area contributed by atoms with E-state index in [1.165, 1.54) is 0 Å². The number of ether oxygens (including phenoxy) is 2. The van der Waals surface area contributed by atoms with Crippen molar-refractivity contribution in [3.63, 3.8) is 0 Å². The van der Waals surface area contributed by atoms with Crippen LogP contribution in [-0.2, 0) is 14.3 Å². The summed E-state index contributed by atoms with van der Waals surface area (Å²) in [5, 5.41) is 0. The van der Waals surface area contributed by atoms with E-state index in [1.54, 1.807) is 6.92 Å². The molecular weight excluding hydrogens is 284 g/mol. The van der Waals surface area contributed by atoms with E-state index in [1.807, 2.05) is 32.0 Å². The minimum Gasteiger partial charge on any atom is -0.481 e. The van der Waals surface area contributed by atoms with E-state index < -0.39 is 18.1 Å². The molecule has 2 atom stereocenters. The molecule has 0 saturated carbocycles. The highest BCUT2D eigenvalue weighted by molar-refractivity contribution is 5.86. The summed E-state index contributed by atoms with van der Waals surface area (Å²) in [5.74, 6) is -0.0786. The first-order valence-electron chi connectivity index (χ1n) is 7.43. The van der Waals surface area contributed by atoms with Crippen LogP contribution in [0.25, 0.3) is 0 Å². The Morgan fingerprint density at radius 2 is 2.09 bits per heavy atom. The number of hydrogen-bond donors (Lipinski definition) is 2. The van der Waals surface area contributed by atoms with Crippen LogP contribution in [0.5, 0.6) is 5.75 Å². The second-order valence-electron chi connectivity index (χ2n) is 5.44. The standard InChI is InChI=1S/C16H22N2O4/c1-10-6-4-7-13(11(10)2)22-12(3)15(19)17-18-16(20)14-8-5-9-21-14/h4,6-7,12,14H,5,8-9H2,1-3H3,(H,17,19)(H,18,20). The SMILES string of the molecule is Cc1cccc(OC(C)C(=O)NNC(=O)C2CCCO2)c1C. The van der Waals surface area contributed by atoms with Crippen molar-refractivity contribution in [3.05, 3.63) is 29.3 Å². The number of aryl methyl sites for hydroxylation is 1. The summed E-state index contributed by atoms with van der Waals surface area (Å²) in [6.45, 7) is 6.14. The lowest BCUT2D eigenvalue weighted by atomic mass is 10.1. The van der Waals surface area contributed by atoms with Crippen molar-refractivity contribution in [1.82, 2.24) is 10.9 Å². The molecule has 0 aromatic heterocycles. The van der Waals surface area contributed by atoms with Crippen LogP contribution in [0, 0.1) is 13.8 Å². The van der Waals surface area contributed by atoms with Crippen molar-refractivity contribution in [2.24, 2.45) is 0 Å². The third-order valence-corrected chi connectivity index (χ3v) is 3.76. The Morgan fingerprint density at radius 3 is 2.77 bits per heavy atom. The zero-order valence-electron chi connectivity index (χ0n) is 13.1. The Hall–Kier alpha value is -2.08. The lowest BCUT2D eigenvalue weighted by molar-refractivity contribution is -0.137. The first-order valence-corrected chi connectivity index (χ1v) is 7.43. The summed E-state index contributed by atoms with van der Waals surface area (Å²) in [7, 11) is 0. The van der Waals surface area contributed by atoms with Crippen LogP contribution < -0.4 is 15.6 Å². The Kier molecular flexibility index (Phi) is 5.38. The highest BCUT2D eigenvalue weighted by Gasteiger charge is 2.24. The maximum atomic E-state index is 12.0. The molecule has 0 bridgehead atoms. The molecule has 1 heterocycles. The lowest BCUT2D eigenvalue weighted by Gasteiger charge is -2.18. The largest absolute Gasteiger partial charge is 0.481 e. The molecule has 0 radical (unpaired) electrons. The van der Waals surface area contributed by atoms with E-state index >= 15 is 0 Å². The summed E-state index contributed by atoms with van der Waals surface area (Å²) >= 11 is 0. The summed E-state index contributed by atoms with van der Waals surface area (Å²) in [6, 6.07) is 5.67. The highest BCUT2D eigenvalue weighted by Crippen LogP contribution is 2.21. The van der Waals surface area contributed by atoms with Gasteiger partial charge in [0.1, 0.15) is 11.9 Å². The molecule has 1 aliphatic heterocycles. The van der Waals surface area contributed by atoms with Gasteiger partial charge in [-0.15, -0.1) is 0 Å². The third kappa shape index (κ3) is 3.98. The fourth-order valence-electron chi connectivity index (χ4n) is 2.19. The fraction of sp³-hybridized carbons (Fsp3) is 0.500. The van der Waals surface area contributed by atoms with Gasteiger partial charge in [0, 0.05) is 6.61 Å². The number of rotatable bonds is 4. The summed E-state index contributed by atoms with van der Waals surface area (Å²) in [4.78, 5) is 23.7. The topological polar surface area (TPSA) is 76.7 Å². The van der Waals surface area contributed by atoms with Gasteiger partial charge in [-0.2, -0.15) is 0 Å². The van der Waals surface area contributed by atoms with Crippen molar-refractivity contribution in [2.75, 3.05) is 6.61 Å². The number of hydrogen-bond acceptors (Lipinski definition) is 4. The molecule has 1 aliphatic rings. The molecule has 1 aromatic carbocycles. The average Bonchev–Trinajstić information content (AvgIpc) is 3.03. The minimum absolute atomic E-state index is 0.329. The number of hydrazine groups is 1. The van der Waals surface area contributed by atoms with Crippen LogP contribution in [0.2, 0.25) is 0 Å². The molecule has 6 heteroatoms. The molecule has 2 rings (SSSR count). The molecule has 2 amide bonds. The quantitative estimate of drug-likeness (QED) is 0.824. The van der Waals surface area contributed by atoms with Gasteiger partial charge in [0.05, 0.1) is 0 Å². The van der Waals surface area contributed by atoms with Gasteiger partial charge in [-0.1, -0.05) is 12.1 Å². The number of amides is 2. The molecule has 0 aliphatic carbocycles. The van der Waals surface area contributed by atoms with E-state index in [0.717, 1.165) is 17.5 Å². The van der Waals surface area contributed by atoms with Crippen LogP contribution in [0.1, 0.15) is 30.9 Å². The van der Waals surface area contributed by atoms with Crippen molar-refractivity contribution in [1.29, 1.82) is 0 Å². The summed E-state index contributed by atoms with van der Waals surface area (Å²) in [5.41, 5.74) is 6.83. The van der Waals surface area contributed by atoms with E-state index in [-0.39, 0.29) is 5.91 Å².